The number of rotatable bonds is 7. The van der Waals surface area contributed by atoms with Crippen LogP contribution in [0.2, 0.25) is 0 Å². The van der Waals surface area contributed by atoms with Crippen molar-refractivity contribution in [3.8, 4) is 0 Å². The van der Waals surface area contributed by atoms with E-state index in [-0.39, 0.29) is 6.10 Å². The maximum Gasteiger partial charge on any atom is 0.191 e. The van der Waals surface area contributed by atoms with Gasteiger partial charge in [-0.15, -0.1) is 22.7 Å². The van der Waals surface area contributed by atoms with Crippen LogP contribution in [0.15, 0.2) is 40.0 Å². The minimum Gasteiger partial charge on any atom is -0.376 e. The van der Waals surface area contributed by atoms with E-state index in [1.165, 1.54) is 9.75 Å². The highest BCUT2D eigenvalue weighted by molar-refractivity contribution is 7.10. The standard InChI is InChI=1S/C19H28N4OS2/c1-15-14-23(9-10-24-15)17(18-6-4-12-26-18)13-22-19(20-2)21-8-7-16-5-3-11-25-16/h3-6,11-12,15,17H,7-10,13-14H2,1-2H3,(H2,20,21,22). The molecule has 0 aliphatic carbocycles. The van der Waals surface area contributed by atoms with Crippen LogP contribution in [-0.4, -0.2) is 56.8 Å². The molecule has 0 saturated carbocycles. The molecule has 1 aliphatic rings. The van der Waals surface area contributed by atoms with Crippen LogP contribution in [0.1, 0.15) is 22.7 Å². The van der Waals surface area contributed by atoms with Gasteiger partial charge in [0, 0.05) is 43.0 Å². The van der Waals surface area contributed by atoms with Crippen LogP contribution >= 0.6 is 22.7 Å². The lowest BCUT2D eigenvalue weighted by Gasteiger charge is -2.37. The molecule has 1 fully saturated rings. The van der Waals surface area contributed by atoms with Crippen molar-refractivity contribution < 1.29 is 4.74 Å². The van der Waals surface area contributed by atoms with Crippen molar-refractivity contribution in [2.45, 2.75) is 25.5 Å². The fourth-order valence-electron chi connectivity index (χ4n) is 3.19. The average Bonchev–Trinajstić information content (AvgIpc) is 3.34. The molecule has 0 radical (unpaired) electrons. The van der Waals surface area contributed by atoms with Gasteiger partial charge in [-0.1, -0.05) is 12.1 Å². The first-order chi connectivity index (χ1) is 12.8. The Morgan fingerprint density at radius 3 is 2.85 bits per heavy atom. The van der Waals surface area contributed by atoms with E-state index in [4.69, 9.17) is 4.74 Å². The predicted molar refractivity (Wildman–Crippen MR) is 111 cm³/mol. The zero-order valence-electron chi connectivity index (χ0n) is 15.5. The smallest absolute Gasteiger partial charge is 0.191 e. The fourth-order valence-corrected chi connectivity index (χ4v) is 4.76. The third-order valence-electron chi connectivity index (χ3n) is 4.52. The zero-order valence-corrected chi connectivity index (χ0v) is 17.1. The summed E-state index contributed by atoms with van der Waals surface area (Å²) in [6, 6.07) is 8.98. The Labute approximate surface area is 164 Å². The van der Waals surface area contributed by atoms with Gasteiger partial charge < -0.3 is 15.4 Å². The monoisotopic (exact) mass is 392 g/mol. The van der Waals surface area contributed by atoms with Crippen molar-refractivity contribution >= 4 is 28.6 Å². The number of nitrogens with one attached hydrogen (secondary N) is 2. The van der Waals surface area contributed by atoms with E-state index in [0.29, 0.717) is 6.04 Å². The van der Waals surface area contributed by atoms with Crippen LogP contribution in [0, 0.1) is 0 Å². The molecule has 142 valence electrons. The van der Waals surface area contributed by atoms with Gasteiger partial charge in [0.25, 0.3) is 0 Å². The molecular formula is C19H28N4OS2. The molecule has 2 aromatic rings. The summed E-state index contributed by atoms with van der Waals surface area (Å²) >= 11 is 3.62. The molecule has 2 atom stereocenters. The van der Waals surface area contributed by atoms with Crippen molar-refractivity contribution in [3.63, 3.8) is 0 Å². The molecule has 0 spiro atoms. The van der Waals surface area contributed by atoms with Crippen LogP contribution in [0.4, 0.5) is 0 Å². The summed E-state index contributed by atoms with van der Waals surface area (Å²) in [5.41, 5.74) is 0. The number of thiophene rings is 2. The summed E-state index contributed by atoms with van der Waals surface area (Å²) in [4.78, 5) is 9.68. The first kappa shape index (κ1) is 19.4. The highest BCUT2D eigenvalue weighted by Crippen LogP contribution is 2.26. The molecule has 7 heteroatoms. The minimum absolute atomic E-state index is 0.287. The van der Waals surface area contributed by atoms with Gasteiger partial charge in [0.15, 0.2) is 5.96 Å². The SMILES string of the molecule is CN=C(NCCc1cccs1)NCC(c1cccs1)N1CCOC(C)C1. The number of aliphatic imine (C=N–C) groups is 1. The number of guanidine groups is 1. The quantitative estimate of drug-likeness (QED) is 0.562. The molecule has 0 aromatic carbocycles. The van der Waals surface area contributed by atoms with Gasteiger partial charge in [-0.25, -0.2) is 0 Å². The Balaban J connectivity index is 1.54. The Morgan fingerprint density at radius 1 is 1.31 bits per heavy atom. The molecule has 1 saturated heterocycles. The van der Waals surface area contributed by atoms with E-state index in [1.807, 2.05) is 18.4 Å². The molecule has 5 nitrogen and oxygen atoms in total. The summed E-state index contributed by atoms with van der Waals surface area (Å²) < 4.78 is 5.72. The minimum atomic E-state index is 0.287. The Bertz CT molecular complexity index is 657. The second kappa shape index (κ2) is 10.1. The first-order valence-electron chi connectivity index (χ1n) is 9.12. The molecule has 0 bridgehead atoms. The van der Waals surface area contributed by atoms with Crippen molar-refractivity contribution in [3.05, 3.63) is 44.8 Å². The molecular weight excluding hydrogens is 364 g/mol. The highest BCUT2D eigenvalue weighted by atomic mass is 32.1. The van der Waals surface area contributed by atoms with Crippen LogP contribution in [0.5, 0.6) is 0 Å². The van der Waals surface area contributed by atoms with E-state index in [2.05, 4.69) is 62.5 Å². The van der Waals surface area contributed by atoms with Gasteiger partial charge in [-0.05, 0) is 36.2 Å². The first-order valence-corrected chi connectivity index (χ1v) is 10.9. The third kappa shape index (κ3) is 5.54. The summed E-state index contributed by atoms with van der Waals surface area (Å²) in [6.07, 6.45) is 1.31. The Kier molecular flexibility index (Phi) is 7.49. The molecule has 2 aromatic heterocycles. The lowest BCUT2D eigenvalue weighted by molar-refractivity contribution is -0.0334. The topological polar surface area (TPSA) is 48.9 Å². The molecule has 1 aliphatic heterocycles. The predicted octanol–water partition coefficient (Wildman–Crippen LogP) is 2.98. The van der Waals surface area contributed by atoms with Gasteiger partial charge >= 0.3 is 0 Å². The number of nitrogens with zero attached hydrogens (tertiary/aromatic N) is 2. The van der Waals surface area contributed by atoms with Crippen LogP contribution in [0.25, 0.3) is 0 Å². The van der Waals surface area contributed by atoms with Crippen molar-refractivity contribution in [2.24, 2.45) is 4.99 Å². The van der Waals surface area contributed by atoms with E-state index in [1.54, 1.807) is 11.3 Å². The lowest BCUT2D eigenvalue weighted by atomic mass is 10.1. The van der Waals surface area contributed by atoms with Crippen molar-refractivity contribution in [2.75, 3.05) is 39.8 Å². The van der Waals surface area contributed by atoms with Gasteiger partial charge in [-0.2, -0.15) is 0 Å². The zero-order chi connectivity index (χ0) is 18.2. The molecule has 2 unspecified atom stereocenters. The average molecular weight is 393 g/mol. The highest BCUT2D eigenvalue weighted by Gasteiger charge is 2.26. The van der Waals surface area contributed by atoms with Gasteiger partial charge in [-0.3, -0.25) is 9.89 Å². The number of hydrogen-bond acceptors (Lipinski definition) is 5. The molecule has 0 amide bonds. The number of ether oxygens (including phenoxy) is 1. The van der Waals surface area contributed by atoms with Gasteiger partial charge in [0.2, 0.25) is 0 Å². The summed E-state index contributed by atoms with van der Waals surface area (Å²) in [5.74, 6) is 0.865. The van der Waals surface area contributed by atoms with Crippen molar-refractivity contribution in [1.29, 1.82) is 0 Å². The summed E-state index contributed by atoms with van der Waals surface area (Å²) in [5, 5.41) is 11.2. The van der Waals surface area contributed by atoms with E-state index in [9.17, 15) is 0 Å². The number of hydrogen-bond donors (Lipinski definition) is 2. The summed E-state index contributed by atoms with van der Waals surface area (Å²) in [6.45, 7) is 6.62. The molecule has 3 heterocycles. The normalized spacial score (nSPS) is 20.1. The second-order valence-electron chi connectivity index (χ2n) is 6.42. The second-order valence-corrected chi connectivity index (χ2v) is 8.43. The molecule has 3 rings (SSSR count). The fraction of sp³-hybridized carbons (Fsp3) is 0.526. The summed E-state index contributed by atoms with van der Waals surface area (Å²) in [7, 11) is 1.83. The lowest BCUT2D eigenvalue weighted by Crippen LogP contribution is -2.48. The molecule has 2 N–H and O–H groups in total. The number of morpholine rings is 1. The van der Waals surface area contributed by atoms with Crippen LogP contribution < -0.4 is 10.6 Å². The van der Waals surface area contributed by atoms with Gasteiger partial charge in [0.1, 0.15) is 0 Å². The molecule has 26 heavy (non-hydrogen) atoms. The van der Waals surface area contributed by atoms with E-state index >= 15 is 0 Å². The van der Waals surface area contributed by atoms with Crippen molar-refractivity contribution in [1.82, 2.24) is 15.5 Å². The Hall–Kier alpha value is -1.41. The largest absolute Gasteiger partial charge is 0.376 e. The van der Waals surface area contributed by atoms with Gasteiger partial charge in [0.05, 0.1) is 18.8 Å². The van der Waals surface area contributed by atoms with E-state index in [0.717, 1.165) is 45.2 Å². The van der Waals surface area contributed by atoms with Crippen LogP contribution in [0.3, 0.4) is 0 Å². The Morgan fingerprint density at radius 2 is 2.15 bits per heavy atom. The maximum atomic E-state index is 5.72. The van der Waals surface area contributed by atoms with E-state index < -0.39 is 0 Å². The third-order valence-corrected chi connectivity index (χ3v) is 6.42. The van der Waals surface area contributed by atoms with Crippen LogP contribution in [-0.2, 0) is 11.2 Å². The maximum absolute atomic E-state index is 5.72.